The molecule has 0 aliphatic rings. The SMILES string of the molecule is CCOC(=O)Cc1ccc2ccc(C#N)cc2c1. The smallest absolute Gasteiger partial charge is 0.310 e. The van der Waals surface area contributed by atoms with Crippen molar-refractivity contribution in [3.05, 3.63) is 47.5 Å². The lowest BCUT2D eigenvalue weighted by atomic mass is 10.0. The van der Waals surface area contributed by atoms with E-state index in [0.29, 0.717) is 12.2 Å². The number of rotatable bonds is 3. The summed E-state index contributed by atoms with van der Waals surface area (Å²) in [6.45, 7) is 2.18. The zero-order chi connectivity index (χ0) is 13.0. The van der Waals surface area contributed by atoms with Crippen molar-refractivity contribution >= 4 is 16.7 Å². The number of hydrogen-bond acceptors (Lipinski definition) is 3. The predicted octanol–water partition coefficient (Wildman–Crippen LogP) is 2.82. The van der Waals surface area contributed by atoms with E-state index in [4.69, 9.17) is 10.00 Å². The number of carbonyl (C=O) groups excluding carboxylic acids is 1. The lowest BCUT2D eigenvalue weighted by Crippen LogP contribution is -2.07. The van der Waals surface area contributed by atoms with Crippen LogP contribution >= 0.6 is 0 Å². The Labute approximate surface area is 106 Å². The van der Waals surface area contributed by atoms with E-state index in [1.165, 1.54) is 0 Å². The van der Waals surface area contributed by atoms with Crippen molar-refractivity contribution in [2.24, 2.45) is 0 Å². The number of nitrogens with zero attached hydrogens (tertiary/aromatic N) is 1. The molecule has 3 heteroatoms. The highest BCUT2D eigenvalue weighted by molar-refractivity contribution is 5.85. The molecule has 0 bridgehead atoms. The fourth-order valence-corrected chi connectivity index (χ4v) is 1.85. The average molecular weight is 239 g/mol. The van der Waals surface area contributed by atoms with Gasteiger partial charge in [0.15, 0.2) is 0 Å². The highest BCUT2D eigenvalue weighted by Gasteiger charge is 2.05. The molecule has 2 aromatic rings. The maximum absolute atomic E-state index is 11.4. The van der Waals surface area contributed by atoms with Crippen LogP contribution in [-0.2, 0) is 16.0 Å². The third-order valence-corrected chi connectivity index (χ3v) is 2.69. The molecule has 0 spiro atoms. The first-order valence-corrected chi connectivity index (χ1v) is 5.81. The van der Waals surface area contributed by atoms with Crippen molar-refractivity contribution in [1.82, 2.24) is 0 Å². The van der Waals surface area contributed by atoms with Crippen molar-refractivity contribution in [3.8, 4) is 6.07 Å². The number of esters is 1. The number of ether oxygens (including phenoxy) is 1. The molecule has 0 unspecified atom stereocenters. The molecule has 0 amide bonds. The van der Waals surface area contributed by atoms with Gasteiger partial charge in [-0.3, -0.25) is 4.79 Å². The number of carbonyl (C=O) groups is 1. The molecule has 0 saturated heterocycles. The highest BCUT2D eigenvalue weighted by atomic mass is 16.5. The van der Waals surface area contributed by atoms with E-state index < -0.39 is 0 Å². The van der Waals surface area contributed by atoms with E-state index >= 15 is 0 Å². The normalized spacial score (nSPS) is 10.0. The monoisotopic (exact) mass is 239 g/mol. The maximum Gasteiger partial charge on any atom is 0.310 e. The minimum atomic E-state index is -0.228. The van der Waals surface area contributed by atoms with Crippen LogP contribution in [0.25, 0.3) is 10.8 Å². The van der Waals surface area contributed by atoms with E-state index in [1.807, 2.05) is 30.3 Å². The first-order chi connectivity index (χ1) is 8.72. The van der Waals surface area contributed by atoms with Gasteiger partial charge >= 0.3 is 5.97 Å². The summed E-state index contributed by atoms with van der Waals surface area (Å²) >= 11 is 0. The lowest BCUT2D eigenvalue weighted by Gasteiger charge is -2.04. The molecular formula is C15H13NO2. The van der Waals surface area contributed by atoms with Crippen LogP contribution in [0, 0.1) is 11.3 Å². The first kappa shape index (κ1) is 12.1. The van der Waals surface area contributed by atoms with Crippen LogP contribution in [0.3, 0.4) is 0 Å². The highest BCUT2D eigenvalue weighted by Crippen LogP contribution is 2.18. The van der Waals surface area contributed by atoms with Gasteiger partial charge in [-0.25, -0.2) is 0 Å². The minimum absolute atomic E-state index is 0.228. The fraction of sp³-hybridized carbons (Fsp3) is 0.200. The van der Waals surface area contributed by atoms with E-state index in [9.17, 15) is 4.79 Å². The van der Waals surface area contributed by atoms with Crippen molar-refractivity contribution in [2.75, 3.05) is 6.61 Å². The largest absolute Gasteiger partial charge is 0.466 e. The molecule has 0 aliphatic heterocycles. The van der Waals surface area contributed by atoms with Gasteiger partial charge in [-0.2, -0.15) is 5.26 Å². The molecule has 0 heterocycles. The zero-order valence-electron chi connectivity index (χ0n) is 10.1. The quantitative estimate of drug-likeness (QED) is 0.774. The van der Waals surface area contributed by atoms with E-state index in [1.54, 1.807) is 13.0 Å². The van der Waals surface area contributed by atoms with Gasteiger partial charge in [0.2, 0.25) is 0 Å². The standard InChI is InChI=1S/C15H13NO2/c1-2-18-15(17)9-11-3-5-13-6-4-12(10-16)8-14(13)7-11/h3-8H,2,9H2,1H3. The average Bonchev–Trinajstić information content (AvgIpc) is 2.38. The van der Waals surface area contributed by atoms with E-state index in [-0.39, 0.29) is 12.4 Å². The van der Waals surface area contributed by atoms with Gasteiger partial charge in [0.1, 0.15) is 0 Å². The Balaban J connectivity index is 2.31. The molecule has 0 saturated carbocycles. The van der Waals surface area contributed by atoms with Gasteiger partial charge in [0.25, 0.3) is 0 Å². The van der Waals surface area contributed by atoms with Crippen molar-refractivity contribution in [2.45, 2.75) is 13.3 Å². The lowest BCUT2D eigenvalue weighted by molar-refractivity contribution is -0.142. The fourth-order valence-electron chi connectivity index (χ4n) is 1.85. The Morgan fingerprint density at radius 3 is 2.72 bits per heavy atom. The third-order valence-electron chi connectivity index (χ3n) is 2.69. The van der Waals surface area contributed by atoms with Crippen LogP contribution < -0.4 is 0 Å². The Kier molecular flexibility index (Phi) is 3.59. The van der Waals surface area contributed by atoms with Crippen molar-refractivity contribution in [3.63, 3.8) is 0 Å². The van der Waals surface area contributed by atoms with Gasteiger partial charge in [0.05, 0.1) is 24.7 Å². The number of hydrogen-bond donors (Lipinski definition) is 0. The summed E-state index contributed by atoms with van der Waals surface area (Å²) in [5.74, 6) is -0.228. The molecule has 3 nitrogen and oxygen atoms in total. The molecule has 2 aromatic carbocycles. The van der Waals surface area contributed by atoms with Crippen molar-refractivity contribution < 1.29 is 9.53 Å². The zero-order valence-corrected chi connectivity index (χ0v) is 10.1. The Hall–Kier alpha value is -2.34. The molecule has 0 N–H and O–H groups in total. The van der Waals surface area contributed by atoms with Crippen LogP contribution in [0.15, 0.2) is 36.4 Å². The number of nitriles is 1. The topological polar surface area (TPSA) is 50.1 Å². The van der Waals surface area contributed by atoms with Crippen LogP contribution in [0.2, 0.25) is 0 Å². The third kappa shape index (κ3) is 2.67. The van der Waals surface area contributed by atoms with Gasteiger partial charge in [0, 0.05) is 0 Å². The second-order valence-electron chi connectivity index (χ2n) is 3.99. The van der Waals surface area contributed by atoms with Gasteiger partial charge < -0.3 is 4.74 Å². The van der Waals surface area contributed by atoms with Crippen molar-refractivity contribution in [1.29, 1.82) is 5.26 Å². The molecule has 0 aliphatic carbocycles. The summed E-state index contributed by atoms with van der Waals surface area (Å²) in [7, 11) is 0. The Morgan fingerprint density at radius 1 is 1.22 bits per heavy atom. The maximum atomic E-state index is 11.4. The molecular weight excluding hydrogens is 226 g/mol. The van der Waals surface area contributed by atoms with Gasteiger partial charge in [-0.05, 0) is 35.4 Å². The summed E-state index contributed by atoms with van der Waals surface area (Å²) in [6.07, 6.45) is 0.264. The van der Waals surface area contributed by atoms with Crippen LogP contribution in [0.1, 0.15) is 18.1 Å². The molecule has 0 atom stereocenters. The molecule has 0 fully saturated rings. The predicted molar refractivity (Wildman–Crippen MR) is 69.0 cm³/mol. The molecule has 90 valence electrons. The second-order valence-corrected chi connectivity index (χ2v) is 3.99. The number of fused-ring (bicyclic) bond motifs is 1. The summed E-state index contributed by atoms with van der Waals surface area (Å²) < 4.78 is 4.91. The van der Waals surface area contributed by atoms with Gasteiger partial charge in [-0.15, -0.1) is 0 Å². The molecule has 18 heavy (non-hydrogen) atoms. The number of benzene rings is 2. The van der Waals surface area contributed by atoms with Gasteiger partial charge in [-0.1, -0.05) is 24.3 Å². The molecule has 0 aromatic heterocycles. The summed E-state index contributed by atoms with van der Waals surface area (Å²) in [5, 5.41) is 10.9. The first-order valence-electron chi connectivity index (χ1n) is 5.81. The molecule has 0 radical (unpaired) electrons. The van der Waals surface area contributed by atoms with Crippen LogP contribution in [-0.4, -0.2) is 12.6 Å². The summed E-state index contributed by atoms with van der Waals surface area (Å²) in [5.41, 5.74) is 1.52. The summed E-state index contributed by atoms with van der Waals surface area (Å²) in [4.78, 5) is 11.4. The summed E-state index contributed by atoms with van der Waals surface area (Å²) in [6, 6.07) is 13.4. The van der Waals surface area contributed by atoms with E-state index in [2.05, 4.69) is 6.07 Å². The minimum Gasteiger partial charge on any atom is -0.466 e. The second kappa shape index (κ2) is 5.33. The molecule has 2 rings (SSSR count). The Bertz CT molecular complexity index is 626. The van der Waals surface area contributed by atoms with E-state index in [0.717, 1.165) is 16.3 Å². The van der Waals surface area contributed by atoms with Crippen LogP contribution in [0.5, 0.6) is 0 Å². The van der Waals surface area contributed by atoms with Crippen LogP contribution in [0.4, 0.5) is 0 Å². The Morgan fingerprint density at radius 2 is 2.00 bits per heavy atom.